The zero-order valence-corrected chi connectivity index (χ0v) is 14.0. The van der Waals surface area contributed by atoms with Crippen LogP contribution < -0.4 is 10.6 Å². The molecule has 0 aromatic carbocycles. The van der Waals surface area contributed by atoms with Gasteiger partial charge in [0, 0.05) is 26.0 Å². The number of nitrogens with one attached hydrogen (secondary N) is 2. The van der Waals surface area contributed by atoms with Crippen LogP contribution in [0.5, 0.6) is 0 Å². The van der Waals surface area contributed by atoms with E-state index in [9.17, 15) is 9.59 Å². The Morgan fingerprint density at radius 1 is 1.35 bits per heavy atom. The predicted molar refractivity (Wildman–Crippen MR) is 86.5 cm³/mol. The molecule has 23 heavy (non-hydrogen) atoms. The summed E-state index contributed by atoms with van der Waals surface area (Å²) in [5, 5.41) is 14.0. The van der Waals surface area contributed by atoms with Crippen LogP contribution in [0.25, 0.3) is 0 Å². The molecule has 9 heteroatoms. The van der Waals surface area contributed by atoms with Gasteiger partial charge in [-0.1, -0.05) is 18.5 Å². The summed E-state index contributed by atoms with van der Waals surface area (Å²) in [7, 11) is 1.51. The van der Waals surface area contributed by atoms with Gasteiger partial charge in [0.2, 0.25) is 5.91 Å². The number of aromatic nitrogens is 4. The Hall–Kier alpha value is -2.35. The standard InChI is InChI=1S/C14H19ClN6O2/c1-4-11(21-7-9(15)6-17-21)13(22)18-10-8-20(5-2)19-12(10)14(23)16-3/h6-8,11H,4-5H2,1-3H3,(H,16,23)(H,18,22). The highest BCUT2D eigenvalue weighted by Crippen LogP contribution is 2.19. The summed E-state index contributed by atoms with van der Waals surface area (Å²) in [5.74, 6) is -0.643. The highest BCUT2D eigenvalue weighted by Gasteiger charge is 2.23. The number of hydrogen-bond acceptors (Lipinski definition) is 4. The smallest absolute Gasteiger partial charge is 0.273 e. The number of nitrogens with zero attached hydrogens (tertiary/aromatic N) is 4. The number of aryl methyl sites for hydroxylation is 1. The van der Waals surface area contributed by atoms with Gasteiger partial charge in [-0.05, 0) is 13.3 Å². The third kappa shape index (κ3) is 3.70. The first-order valence-corrected chi connectivity index (χ1v) is 7.67. The number of carbonyl (C=O) groups excluding carboxylic acids is 2. The molecule has 0 bridgehead atoms. The Morgan fingerprint density at radius 2 is 2.09 bits per heavy atom. The Kier molecular flexibility index (Phi) is 5.38. The van der Waals surface area contributed by atoms with E-state index in [1.807, 2.05) is 13.8 Å². The zero-order chi connectivity index (χ0) is 17.0. The van der Waals surface area contributed by atoms with E-state index in [0.717, 1.165) is 0 Å². The van der Waals surface area contributed by atoms with Crippen molar-refractivity contribution in [3.8, 4) is 0 Å². The molecule has 124 valence electrons. The summed E-state index contributed by atoms with van der Waals surface area (Å²) >= 11 is 5.85. The highest BCUT2D eigenvalue weighted by atomic mass is 35.5. The maximum absolute atomic E-state index is 12.5. The van der Waals surface area contributed by atoms with Crippen molar-refractivity contribution in [2.45, 2.75) is 32.9 Å². The van der Waals surface area contributed by atoms with E-state index in [4.69, 9.17) is 11.6 Å². The lowest BCUT2D eigenvalue weighted by Gasteiger charge is -2.15. The molecule has 2 heterocycles. The van der Waals surface area contributed by atoms with Gasteiger partial charge >= 0.3 is 0 Å². The summed E-state index contributed by atoms with van der Waals surface area (Å²) in [4.78, 5) is 24.4. The summed E-state index contributed by atoms with van der Waals surface area (Å²) < 4.78 is 3.09. The van der Waals surface area contributed by atoms with Crippen LogP contribution in [0.1, 0.15) is 36.8 Å². The van der Waals surface area contributed by atoms with Gasteiger partial charge in [-0.25, -0.2) is 0 Å². The Balaban J connectivity index is 2.24. The van der Waals surface area contributed by atoms with Gasteiger partial charge in [0.25, 0.3) is 5.91 Å². The second-order valence-electron chi connectivity index (χ2n) is 4.88. The number of anilines is 1. The van der Waals surface area contributed by atoms with Gasteiger partial charge in [-0.3, -0.25) is 19.0 Å². The average molecular weight is 339 g/mol. The van der Waals surface area contributed by atoms with Crippen molar-refractivity contribution in [2.75, 3.05) is 12.4 Å². The second-order valence-corrected chi connectivity index (χ2v) is 5.31. The molecule has 1 unspecified atom stereocenters. The quantitative estimate of drug-likeness (QED) is 0.838. The topological polar surface area (TPSA) is 93.8 Å². The molecule has 2 rings (SSSR count). The third-order valence-electron chi connectivity index (χ3n) is 3.36. The molecule has 1 atom stereocenters. The van der Waals surface area contributed by atoms with Crippen LogP contribution in [0, 0.1) is 0 Å². The largest absolute Gasteiger partial charge is 0.354 e. The van der Waals surface area contributed by atoms with E-state index in [-0.39, 0.29) is 17.5 Å². The van der Waals surface area contributed by atoms with Crippen molar-refractivity contribution in [1.82, 2.24) is 24.9 Å². The average Bonchev–Trinajstić information content (AvgIpc) is 3.14. The highest BCUT2D eigenvalue weighted by molar-refractivity contribution is 6.30. The van der Waals surface area contributed by atoms with Crippen LogP contribution in [0.3, 0.4) is 0 Å². The van der Waals surface area contributed by atoms with E-state index in [1.165, 1.54) is 17.9 Å². The number of halogens is 1. The van der Waals surface area contributed by atoms with Crippen molar-refractivity contribution in [2.24, 2.45) is 0 Å². The molecular formula is C14H19ClN6O2. The van der Waals surface area contributed by atoms with Crippen molar-refractivity contribution in [1.29, 1.82) is 0 Å². The molecular weight excluding hydrogens is 320 g/mol. The molecule has 2 N–H and O–H groups in total. The molecule has 0 saturated carbocycles. The Morgan fingerprint density at radius 3 is 2.61 bits per heavy atom. The normalized spacial score (nSPS) is 12.0. The Bertz CT molecular complexity index is 708. The zero-order valence-electron chi connectivity index (χ0n) is 13.2. The van der Waals surface area contributed by atoms with Crippen LogP contribution in [0.2, 0.25) is 5.02 Å². The summed E-state index contributed by atoms with van der Waals surface area (Å²) in [6.45, 7) is 4.35. The van der Waals surface area contributed by atoms with E-state index in [0.29, 0.717) is 23.7 Å². The third-order valence-corrected chi connectivity index (χ3v) is 3.56. The van der Waals surface area contributed by atoms with Gasteiger partial charge in [-0.15, -0.1) is 0 Å². The van der Waals surface area contributed by atoms with Gasteiger partial charge in [0.1, 0.15) is 6.04 Å². The molecule has 2 aromatic heterocycles. The first kappa shape index (κ1) is 17.0. The van der Waals surface area contributed by atoms with Gasteiger partial charge in [0.15, 0.2) is 5.69 Å². The summed E-state index contributed by atoms with van der Waals surface area (Å²) in [6, 6.07) is -0.523. The summed E-state index contributed by atoms with van der Waals surface area (Å²) in [5.41, 5.74) is 0.545. The lowest BCUT2D eigenvalue weighted by molar-refractivity contribution is -0.119. The predicted octanol–water partition coefficient (Wildman–Crippen LogP) is 1.70. The molecule has 8 nitrogen and oxygen atoms in total. The number of hydrogen-bond donors (Lipinski definition) is 2. The van der Waals surface area contributed by atoms with Gasteiger partial charge < -0.3 is 10.6 Å². The minimum Gasteiger partial charge on any atom is -0.354 e. The molecule has 2 aromatic rings. The van der Waals surface area contributed by atoms with Gasteiger partial charge in [0.05, 0.1) is 16.9 Å². The van der Waals surface area contributed by atoms with Crippen LogP contribution >= 0.6 is 11.6 Å². The fourth-order valence-corrected chi connectivity index (χ4v) is 2.30. The van der Waals surface area contributed by atoms with Crippen LogP contribution in [-0.2, 0) is 11.3 Å². The van der Waals surface area contributed by atoms with Crippen molar-refractivity contribution < 1.29 is 9.59 Å². The van der Waals surface area contributed by atoms with Gasteiger partial charge in [-0.2, -0.15) is 10.2 Å². The van der Waals surface area contributed by atoms with E-state index >= 15 is 0 Å². The molecule has 0 spiro atoms. The van der Waals surface area contributed by atoms with E-state index < -0.39 is 6.04 Å². The number of rotatable bonds is 6. The summed E-state index contributed by atoms with van der Waals surface area (Å²) in [6.07, 6.45) is 5.22. The minimum absolute atomic E-state index is 0.177. The van der Waals surface area contributed by atoms with E-state index in [1.54, 1.807) is 17.1 Å². The lowest BCUT2D eigenvalue weighted by atomic mass is 10.2. The van der Waals surface area contributed by atoms with Crippen LogP contribution in [-0.4, -0.2) is 38.4 Å². The number of amides is 2. The molecule has 2 amide bonds. The van der Waals surface area contributed by atoms with Crippen molar-refractivity contribution in [3.63, 3.8) is 0 Å². The van der Waals surface area contributed by atoms with Crippen molar-refractivity contribution in [3.05, 3.63) is 29.3 Å². The van der Waals surface area contributed by atoms with E-state index in [2.05, 4.69) is 20.8 Å². The maximum Gasteiger partial charge on any atom is 0.273 e. The number of carbonyl (C=O) groups is 2. The molecule has 0 fully saturated rings. The maximum atomic E-state index is 12.5. The van der Waals surface area contributed by atoms with Crippen LogP contribution in [0.4, 0.5) is 5.69 Å². The van der Waals surface area contributed by atoms with Crippen LogP contribution in [0.15, 0.2) is 18.6 Å². The molecule has 0 radical (unpaired) electrons. The fourth-order valence-electron chi connectivity index (χ4n) is 2.15. The SMILES string of the molecule is CCC(C(=O)Nc1cn(CC)nc1C(=O)NC)n1cc(Cl)cn1. The fraction of sp³-hybridized carbons (Fsp3) is 0.429. The molecule has 0 aliphatic rings. The lowest BCUT2D eigenvalue weighted by Crippen LogP contribution is -2.27. The molecule has 0 aliphatic carbocycles. The first-order chi connectivity index (χ1) is 11.0. The second kappa shape index (κ2) is 7.28. The molecule has 0 aliphatic heterocycles. The van der Waals surface area contributed by atoms with Crippen molar-refractivity contribution >= 4 is 29.1 Å². The Labute approximate surface area is 138 Å². The molecule has 0 saturated heterocycles. The monoisotopic (exact) mass is 338 g/mol. The minimum atomic E-state index is -0.523. The first-order valence-electron chi connectivity index (χ1n) is 7.30.